The first-order valence-electron chi connectivity index (χ1n) is 5.81. The van der Waals surface area contributed by atoms with Gasteiger partial charge in [0.05, 0.1) is 5.69 Å². The first-order valence-corrected chi connectivity index (χ1v) is 6.19. The molecule has 4 nitrogen and oxygen atoms in total. The Morgan fingerprint density at radius 3 is 2.67 bits per heavy atom. The smallest absolute Gasteiger partial charge is 0.227 e. The van der Waals surface area contributed by atoms with Crippen LogP contribution in [-0.4, -0.2) is 9.97 Å². The van der Waals surface area contributed by atoms with E-state index in [0.29, 0.717) is 16.7 Å². The summed E-state index contributed by atoms with van der Waals surface area (Å²) in [5.41, 5.74) is 7.76. The van der Waals surface area contributed by atoms with Gasteiger partial charge in [0.1, 0.15) is 5.75 Å². The standard InChI is InChI=1S/C13H12ClN3O/c14-8-4-6-9(7-5-8)18-12-10-2-1-3-11(10)16-13(15)17-12/h4-7H,1-3H2,(H2,15,16,17). The Labute approximate surface area is 110 Å². The Bertz CT molecular complexity index is 584. The minimum Gasteiger partial charge on any atom is -0.439 e. The Morgan fingerprint density at radius 1 is 1.11 bits per heavy atom. The van der Waals surface area contributed by atoms with Gasteiger partial charge in [-0.15, -0.1) is 0 Å². The maximum Gasteiger partial charge on any atom is 0.227 e. The molecule has 0 saturated heterocycles. The molecule has 1 aliphatic carbocycles. The molecule has 3 rings (SSSR count). The Kier molecular flexibility index (Phi) is 2.80. The van der Waals surface area contributed by atoms with Gasteiger partial charge in [0, 0.05) is 10.6 Å². The lowest BCUT2D eigenvalue weighted by molar-refractivity contribution is 0.456. The van der Waals surface area contributed by atoms with Gasteiger partial charge < -0.3 is 10.5 Å². The van der Waals surface area contributed by atoms with Crippen LogP contribution in [0.1, 0.15) is 17.7 Å². The first-order chi connectivity index (χ1) is 8.72. The second-order valence-corrected chi connectivity index (χ2v) is 4.66. The molecule has 0 bridgehead atoms. The van der Waals surface area contributed by atoms with Gasteiger partial charge in [-0.05, 0) is 43.5 Å². The molecule has 0 spiro atoms. The highest BCUT2D eigenvalue weighted by Crippen LogP contribution is 2.31. The number of nitrogens with zero attached hydrogens (tertiary/aromatic N) is 2. The number of anilines is 1. The van der Waals surface area contributed by atoms with Crippen LogP contribution in [0.3, 0.4) is 0 Å². The van der Waals surface area contributed by atoms with E-state index in [1.807, 2.05) is 12.1 Å². The van der Waals surface area contributed by atoms with E-state index in [0.717, 1.165) is 30.5 Å². The summed E-state index contributed by atoms with van der Waals surface area (Å²) in [5, 5.41) is 0.676. The number of fused-ring (bicyclic) bond motifs is 1. The van der Waals surface area contributed by atoms with Crippen molar-refractivity contribution in [2.24, 2.45) is 0 Å². The minimum atomic E-state index is 0.264. The molecule has 18 heavy (non-hydrogen) atoms. The minimum absolute atomic E-state index is 0.264. The summed E-state index contributed by atoms with van der Waals surface area (Å²) in [6.07, 6.45) is 2.96. The second kappa shape index (κ2) is 4.46. The van der Waals surface area contributed by atoms with Crippen LogP contribution >= 0.6 is 11.6 Å². The molecular weight excluding hydrogens is 250 g/mol. The summed E-state index contributed by atoms with van der Waals surface area (Å²) < 4.78 is 5.77. The monoisotopic (exact) mass is 261 g/mol. The van der Waals surface area contributed by atoms with Gasteiger partial charge in [-0.25, -0.2) is 4.98 Å². The molecule has 1 aromatic carbocycles. The number of nitrogens with two attached hydrogens (primary N) is 1. The number of rotatable bonds is 2. The van der Waals surface area contributed by atoms with E-state index in [4.69, 9.17) is 22.1 Å². The summed E-state index contributed by atoms with van der Waals surface area (Å²) in [4.78, 5) is 8.41. The van der Waals surface area contributed by atoms with Crippen LogP contribution < -0.4 is 10.5 Å². The Balaban J connectivity index is 1.95. The molecule has 1 heterocycles. The Morgan fingerprint density at radius 2 is 1.89 bits per heavy atom. The molecule has 5 heteroatoms. The van der Waals surface area contributed by atoms with Crippen LogP contribution in [0, 0.1) is 0 Å². The largest absolute Gasteiger partial charge is 0.439 e. The summed E-state index contributed by atoms with van der Waals surface area (Å²) in [6.45, 7) is 0. The van der Waals surface area contributed by atoms with Crippen LogP contribution in [0.5, 0.6) is 11.6 Å². The zero-order valence-electron chi connectivity index (χ0n) is 9.69. The van der Waals surface area contributed by atoms with Crippen molar-refractivity contribution in [3.05, 3.63) is 40.5 Å². The molecule has 1 aromatic heterocycles. The van der Waals surface area contributed by atoms with Crippen LogP contribution in [-0.2, 0) is 12.8 Å². The highest BCUT2D eigenvalue weighted by atomic mass is 35.5. The summed E-state index contributed by atoms with van der Waals surface area (Å²) in [7, 11) is 0. The highest BCUT2D eigenvalue weighted by Gasteiger charge is 2.20. The van der Waals surface area contributed by atoms with E-state index in [9.17, 15) is 0 Å². The van der Waals surface area contributed by atoms with Crippen LogP contribution in [0.15, 0.2) is 24.3 Å². The van der Waals surface area contributed by atoms with Gasteiger partial charge >= 0.3 is 0 Å². The van der Waals surface area contributed by atoms with E-state index >= 15 is 0 Å². The van der Waals surface area contributed by atoms with Gasteiger partial charge in [0.25, 0.3) is 0 Å². The number of aromatic nitrogens is 2. The maximum atomic E-state index is 5.83. The van der Waals surface area contributed by atoms with E-state index in [1.54, 1.807) is 12.1 Å². The van der Waals surface area contributed by atoms with Crippen molar-refractivity contribution in [2.75, 3.05) is 5.73 Å². The lowest BCUT2D eigenvalue weighted by Gasteiger charge is -2.09. The topological polar surface area (TPSA) is 61.0 Å². The van der Waals surface area contributed by atoms with Gasteiger partial charge in [-0.1, -0.05) is 11.6 Å². The lowest BCUT2D eigenvalue weighted by Crippen LogP contribution is -2.02. The zero-order valence-corrected chi connectivity index (χ0v) is 10.4. The van der Waals surface area contributed by atoms with Crippen molar-refractivity contribution >= 4 is 17.5 Å². The van der Waals surface area contributed by atoms with Crippen molar-refractivity contribution in [3.8, 4) is 11.6 Å². The molecule has 0 atom stereocenters. The number of hydrogen-bond donors (Lipinski definition) is 1. The third-order valence-electron chi connectivity index (χ3n) is 2.94. The molecule has 0 unspecified atom stereocenters. The predicted octanol–water partition coefficient (Wildman–Crippen LogP) is 2.99. The molecule has 2 aromatic rings. The SMILES string of the molecule is Nc1nc2c(c(Oc3ccc(Cl)cc3)n1)CCC2. The zero-order chi connectivity index (χ0) is 12.5. The van der Waals surface area contributed by atoms with Crippen LogP contribution in [0.4, 0.5) is 5.95 Å². The van der Waals surface area contributed by atoms with Crippen LogP contribution in [0.25, 0.3) is 0 Å². The third-order valence-corrected chi connectivity index (χ3v) is 3.19. The first kappa shape index (κ1) is 11.3. The molecule has 0 fully saturated rings. The van der Waals surface area contributed by atoms with Gasteiger partial charge in [-0.2, -0.15) is 4.98 Å². The normalized spacial score (nSPS) is 13.4. The maximum absolute atomic E-state index is 5.83. The highest BCUT2D eigenvalue weighted by molar-refractivity contribution is 6.30. The quantitative estimate of drug-likeness (QED) is 0.903. The number of ether oxygens (including phenoxy) is 1. The molecule has 0 aliphatic heterocycles. The van der Waals surface area contributed by atoms with Crippen molar-refractivity contribution < 1.29 is 4.74 Å². The van der Waals surface area contributed by atoms with Gasteiger partial charge in [-0.3, -0.25) is 0 Å². The summed E-state index contributed by atoms with van der Waals surface area (Å²) >= 11 is 5.83. The number of aryl methyl sites for hydroxylation is 1. The summed E-state index contributed by atoms with van der Waals surface area (Å²) in [6, 6.07) is 7.17. The molecule has 0 saturated carbocycles. The van der Waals surface area contributed by atoms with E-state index in [-0.39, 0.29) is 5.95 Å². The third kappa shape index (κ3) is 2.11. The van der Waals surface area contributed by atoms with E-state index in [2.05, 4.69) is 9.97 Å². The molecule has 2 N–H and O–H groups in total. The van der Waals surface area contributed by atoms with Crippen LogP contribution in [0.2, 0.25) is 5.02 Å². The number of nitrogen functional groups attached to an aromatic ring is 1. The fourth-order valence-electron chi connectivity index (χ4n) is 2.12. The number of benzene rings is 1. The van der Waals surface area contributed by atoms with Crippen molar-refractivity contribution in [1.29, 1.82) is 0 Å². The molecular formula is C13H12ClN3O. The van der Waals surface area contributed by atoms with Crippen molar-refractivity contribution in [1.82, 2.24) is 9.97 Å². The fourth-order valence-corrected chi connectivity index (χ4v) is 2.24. The number of halogens is 1. The second-order valence-electron chi connectivity index (χ2n) is 4.22. The van der Waals surface area contributed by atoms with E-state index < -0.39 is 0 Å². The average molecular weight is 262 g/mol. The predicted molar refractivity (Wildman–Crippen MR) is 70.0 cm³/mol. The lowest BCUT2D eigenvalue weighted by atomic mass is 10.2. The van der Waals surface area contributed by atoms with Gasteiger partial charge in [0.2, 0.25) is 11.8 Å². The number of hydrogen-bond acceptors (Lipinski definition) is 4. The van der Waals surface area contributed by atoms with Gasteiger partial charge in [0.15, 0.2) is 0 Å². The molecule has 92 valence electrons. The van der Waals surface area contributed by atoms with Crippen molar-refractivity contribution in [3.63, 3.8) is 0 Å². The summed E-state index contributed by atoms with van der Waals surface area (Å²) in [5.74, 6) is 1.53. The Hall–Kier alpha value is -1.81. The fraction of sp³-hybridized carbons (Fsp3) is 0.231. The average Bonchev–Trinajstić information content (AvgIpc) is 2.80. The van der Waals surface area contributed by atoms with E-state index in [1.165, 1.54) is 0 Å². The molecule has 0 amide bonds. The van der Waals surface area contributed by atoms with Crippen molar-refractivity contribution in [2.45, 2.75) is 19.3 Å². The molecule has 0 radical (unpaired) electrons. The molecule has 1 aliphatic rings.